The van der Waals surface area contributed by atoms with Crippen LogP contribution in [0.15, 0.2) is 75.8 Å². The molecule has 3 aromatic rings. The molecule has 0 saturated heterocycles. The Kier molecular flexibility index (Phi) is 5.45. The van der Waals surface area contributed by atoms with Gasteiger partial charge in [0.2, 0.25) is 0 Å². The standard InChI is InChI=1S/C21H20N2O2S2/c1-15(16-7-3-2-4-8-16)27-14-21(24)23-18(19-9-5-11-25-19)13-17(22-23)20-10-6-12-26-20/h2-12,15,18H,13-14H2,1H3. The highest BCUT2D eigenvalue weighted by molar-refractivity contribution is 8.00. The van der Waals surface area contributed by atoms with E-state index in [1.807, 2.05) is 47.8 Å². The number of nitrogens with zero attached hydrogens (tertiary/aromatic N) is 2. The molecule has 27 heavy (non-hydrogen) atoms. The van der Waals surface area contributed by atoms with E-state index in [0.29, 0.717) is 12.2 Å². The Morgan fingerprint density at radius 2 is 2.11 bits per heavy atom. The third-order valence-electron chi connectivity index (χ3n) is 4.57. The number of thiophene rings is 1. The molecular weight excluding hydrogens is 376 g/mol. The molecule has 1 aromatic carbocycles. The molecule has 4 nitrogen and oxygen atoms in total. The zero-order chi connectivity index (χ0) is 18.6. The second-order valence-electron chi connectivity index (χ2n) is 6.36. The number of hydrogen-bond donors (Lipinski definition) is 0. The zero-order valence-corrected chi connectivity index (χ0v) is 16.6. The molecule has 6 heteroatoms. The molecule has 3 heterocycles. The van der Waals surface area contributed by atoms with E-state index in [1.165, 1.54) is 5.56 Å². The summed E-state index contributed by atoms with van der Waals surface area (Å²) in [5, 5.41) is 8.55. The van der Waals surface area contributed by atoms with Crippen LogP contribution in [0.2, 0.25) is 0 Å². The average Bonchev–Trinajstić information content (AvgIpc) is 3.46. The smallest absolute Gasteiger partial charge is 0.253 e. The molecule has 0 radical (unpaired) electrons. The van der Waals surface area contributed by atoms with Crippen LogP contribution in [-0.2, 0) is 4.79 Å². The lowest BCUT2D eigenvalue weighted by molar-refractivity contribution is -0.130. The van der Waals surface area contributed by atoms with Gasteiger partial charge in [0, 0.05) is 11.7 Å². The number of hydrazone groups is 1. The summed E-state index contributed by atoms with van der Waals surface area (Å²) in [5.41, 5.74) is 2.17. The molecule has 1 aliphatic rings. The Morgan fingerprint density at radius 3 is 2.81 bits per heavy atom. The van der Waals surface area contributed by atoms with Crippen molar-refractivity contribution in [1.29, 1.82) is 0 Å². The van der Waals surface area contributed by atoms with Crippen molar-refractivity contribution in [3.8, 4) is 0 Å². The molecule has 0 aliphatic carbocycles. The number of furan rings is 1. The van der Waals surface area contributed by atoms with E-state index in [1.54, 1.807) is 34.4 Å². The van der Waals surface area contributed by atoms with Crippen molar-refractivity contribution in [2.75, 3.05) is 5.75 Å². The number of rotatable bonds is 6. The molecule has 0 saturated carbocycles. The lowest BCUT2D eigenvalue weighted by atomic mass is 10.1. The van der Waals surface area contributed by atoms with E-state index in [4.69, 9.17) is 4.42 Å². The Labute approximate surface area is 166 Å². The fourth-order valence-electron chi connectivity index (χ4n) is 3.12. The van der Waals surface area contributed by atoms with Gasteiger partial charge in [-0.2, -0.15) is 5.10 Å². The number of amides is 1. The minimum atomic E-state index is -0.169. The van der Waals surface area contributed by atoms with E-state index in [9.17, 15) is 4.79 Å². The van der Waals surface area contributed by atoms with Gasteiger partial charge in [0.1, 0.15) is 11.8 Å². The van der Waals surface area contributed by atoms with Gasteiger partial charge < -0.3 is 4.42 Å². The Hall–Kier alpha value is -2.31. The van der Waals surface area contributed by atoms with Gasteiger partial charge in [-0.3, -0.25) is 4.79 Å². The monoisotopic (exact) mass is 396 g/mol. The fraction of sp³-hybridized carbons (Fsp3) is 0.238. The quantitative estimate of drug-likeness (QED) is 0.552. The van der Waals surface area contributed by atoms with Gasteiger partial charge in [-0.25, -0.2) is 5.01 Å². The first-order valence-electron chi connectivity index (χ1n) is 8.85. The largest absolute Gasteiger partial charge is 0.467 e. The number of benzene rings is 1. The number of hydrogen-bond acceptors (Lipinski definition) is 5. The minimum absolute atomic E-state index is 0.00994. The predicted octanol–water partition coefficient (Wildman–Crippen LogP) is 5.51. The van der Waals surface area contributed by atoms with Gasteiger partial charge in [-0.1, -0.05) is 36.4 Å². The molecule has 0 spiro atoms. The number of carbonyl (C=O) groups is 1. The van der Waals surface area contributed by atoms with Gasteiger partial charge in [0.15, 0.2) is 0 Å². The van der Waals surface area contributed by atoms with Crippen LogP contribution in [0.5, 0.6) is 0 Å². The van der Waals surface area contributed by atoms with Crippen molar-refractivity contribution in [2.45, 2.75) is 24.6 Å². The van der Waals surface area contributed by atoms with Crippen LogP contribution in [0.3, 0.4) is 0 Å². The highest BCUT2D eigenvalue weighted by Gasteiger charge is 2.35. The average molecular weight is 397 g/mol. The molecule has 2 atom stereocenters. The second-order valence-corrected chi connectivity index (χ2v) is 8.64. The van der Waals surface area contributed by atoms with E-state index in [-0.39, 0.29) is 17.2 Å². The van der Waals surface area contributed by atoms with Crippen LogP contribution in [0.25, 0.3) is 0 Å². The van der Waals surface area contributed by atoms with Crippen molar-refractivity contribution >= 4 is 34.7 Å². The van der Waals surface area contributed by atoms with Crippen LogP contribution in [0.1, 0.15) is 40.8 Å². The number of carbonyl (C=O) groups excluding carboxylic acids is 1. The SMILES string of the molecule is CC(SCC(=O)N1N=C(c2cccs2)CC1c1ccco1)c1ccccc1. The molecule has 1 amide bonds. The van der Waals surface area contributed by atoms with Crippen molar-refractivity contribution in [3.05, 3.63) is 82.4 Å². The molecule has 0 fully saturated rings. The summed E-state index contributed by atoms with van der Waals surface area (Å²) < 4.78 is 5.59. The lowest BCUT2D eigenvalue weighted by Crippen LogP contribution is -2.28. The van der Waals surface area contributed by atoms with E-state index in [2.05, 4.69) is 24.2 Å². The van der Waals surface area contributed by atoms with Crippen molar-refractivity contribution in [2.24, 2.45) is 5.10 Å². The molecule has 138 valence electrons. The summed E-state index contributed by atoms with van der Waals surface area (Å²) in [6.07, 6.45) is 2.33. The Balaban J connectivity index is 1.49. The van der Waals surface area contributed by atoms with Crippen molar-refractivity contribution in [1.82, 2.24) is 5.01 Å². The normalized spacial score (nSPS) is 17.7. The van der Waals surface area contributed by atoms with Crippen LogP contribution in [0.4, 0.5) is 0 Å². The van der Waals surface area contributed by atoms with E-state index >= 15 is 0 Å². The molecular formula is C21H20N2O2S2. The maximum atomic E-state index is 13.0. The maximum Gasteiger partial charge on any atom is 0.253 e. The summed E-state index contributed by atoms with van der Waals surface area (Å²) in [5.74, 6) is 1.17. The summed E-state index contributed by atoms with van der Waals surface area (Å²) in [4.78, 5) is 14.1. The highest BCUT2D eigenvalue weighted by atomic mass is 32.2. The van der Waals surface area contributed by atoms with Crippen molar-refractivity contribution in [3.63, 3.8) is 0 Å². The number of thioether (sulfide) groups is 1. The van der Waals surface area contributed by atoms with Crippen molar-refractivity contribution < 1.29 is 9.21 Å². The maximum absolute atomic E-state index is 13.0. The third kappa shape index (κ3) is 4.01. The summed E-state index contributed by atoms with van der Waals surface area (Å²) >= 11 is 3.28. The van der Waals surface area contributed by atoms with Crippen LogP contribution in [-0.4, -0.2) is 22.4 Å². The predicted molar refractivity (Wildman–Crippen MR) is 111 cm³/mol. The summed E-state index contributed by atoms with van der Waals surface area (Å²) in [6, 6.07) is 17.9. The molecule has 2 unspecified atom stereocenters. The molecule has 0 N–H and O–H groups in total. The Bertz CT molecular complexity index is 905. The first kappa shape index (κ1) is 18.1. The topological polar surface area (TPSA) is 45.8 Å². The first-order chi connectivity index (χ1) is 13.2. The molecule has 2 aromatic heterocycles. The Morgan fingerprint density at radius 1 is 1.26 bits per heavy atom. The van der Waals surface area contributed by atoms with E-state index in [0.717, 1.165) is 16.3 Å². The zero-order valence-electron chi connectivity index (χ0n) is 14.9. The third-order valence-corrected chi connectivity index (χ3v) is 6.67. The van der Waals surface area contributed by atoms with Crippen LogP contribution >= 0.6 is 23.1 Å². The second kappa shape index (κ2) is 8.15. The van der Waals surface area contributed by atoms with Gasteiger partial charge in [0.05, 0.1) is 22.6 Å². The molecule has 1 aliphatic heterocycles. The van der Waals surface area contributed by atoms with Gasteiger partial charge in [-0.15, -0.1) is 23.1 Å². The van der Waals surface area contributed by atoms with Gasteiger partial charge >= 0.3 is 0 Å². The lowest BCUT2D eigenvalue weighted by Gasteiger charge is -2.20. The van der Waals surface area contributed by atoms with Gasteiger partial charge in [-0.05, 0) is 36.1 Å². The highest BCUT2D eigenvalue weighted by Crippen LogP contribution is 2.35. The first-order valence-corrected chi connectivity index (χ1v) is 10.8. The fourth-order valence-corrected chi connectivity index (χ4v) is 4.71. The van der Waals surface area contributed by atoms with Crippen LogP contribution in [0, 0.1) is 0 Å². The van der Waals surface area contributed by atoms with Crippen LogP contribution < -0.4 is 0 Å². The van der Waals surface area contributed by atoms with E-state index < -0.39 is 0 Å². The summed E-state index contributed by atoms with van der Waals surface area (Å²) in [7, 11) is 0. The minimum Gasteiger partial charge on any atom is -0.467 e. The van der Waals surface area contributed by atoms with Gasteiger partial charge in [0.25, 0.3) is 5.91 Å². The molecule has 0 bridgehead atoms. The molecule has 4 rings (SSSR count). The summed E-state index contributed by atoms with van der Waals surface area (Å²) in [6.45, 7) is 2.13.